The Bertz CT molecular complexity index is 1240. The Labute approximate surface area is 230 Å². The zero-order chi connectivity index (χ0) is 27.8. The molecule has 1 aliphatic heterocycles. The molecule has 206 valence electrons. The third-order valence-corrected chi connectivity index (χ3v) is 7.16. The topological polar surface area (TPSA) is 96.9 Å². The normalized spacial score (nSPS) is 20.8. The first-order chi connectivity index (χ1) is 18.9. The van der Waals surface area contributed by atoms with Crippen LogP contribution in [0.2, 0.25) is 0 Å². The number of fused-ring (bicyclic) bond motifs is 1. The van der Waals surface area contributed by atoms with Crippen molar-refractivity contribution in [3.05, 3.63) is 83.9 Å². The zero-order valence-corrected chi connectivity index (χ0v) is 23.0. The maximum Gasteiger partial charge on any atom is 0.275 e. The highest BCUT2D eigenvalue weighted by molar-refractivity contribution is 6.04. The van der Waals surface area contributed by atoms with Crippen molar-refractivity contribution in [3.8, 4) is 5.75 Å². The fourth-order valence-electron chi connectivity index (χ4n) is 4.77. The van der Waals surface area contributed by atoms with Gasteiger partial charge in [0.05, 0.1) is 17.9 Å². The van der Waals surface area contributed by atoms with E-state index in [-0.39, 0.29) is 29.7 Å². The van der Waals surface area contributed by atoms with Crippen LogP contribution in [0.1, 0.15) is 40.3 Å². The van der Waals surface area contributed by atoms with Crippen molar-refractivity contribution in [2.24, 2.45) is 5.92 Å². The number of nitrogens with one attached hydrogen (secondary N) is 1. The number of aromatic nitrogens is 2. The largest absolute Gasteiger partial charge is 0.491 e. The van der Waals surface area contributed by atoms with Crippen LogP contribution in [0.3, 0.4) is 0 Å². The summed E-state index contributed by atoms with van der Waals surface area (Å²) in [5, 5.41) is 2.80. The number of nitrogens with zero attached hydrogens (tertiary/aromatic N) is 4. The van der Waals surface area contributed by atoms with Crippen LogP contribution in [-0.4, -0.2) is 84.1 Å². The predicted octanol–water partition coefficient (Wildman–Crippen LogP) is 3.78. The fourth-order valence-corrected chi connectivity index (χ4v) is 4.77. The summed E-state index contributed by atoms with van der Waals surface area (Å²) in [5.41, 5.74) is 2.32. The highest BCUT2D eigenvalue weighted by atomic mass is 16.5. The van der Waals surface area contributed by atoms with E-state index in [1.54, 1.807) is 37.3 Å². The number of carbonyl (C=O) groups is 2. The Balaban J connectivity index is 1.58. The maximum atomic E-state index is 13.6. The number of anilines is 1. The van der Waals surface area contributed by atoms with Gasteiger partial charge in [0.2, 0.25) is 0 Å². The first kappa shape index (κ1) is 28.2. The molecule has 2 aromatic carbocycles. The van der Waals surface area contributed by atoms with Crippen LogP contribution in [0, 0.1) is 5.92 Å². The number of ether oxygens (including phenoxy) is 2. The summed E-state index contributed by atoms with van der Waals surface area (Å²) < 4.78 is 12.1. The van der Waals surface area contributed by atoms with E-state index in [9.17, 15) is 9.59 Å². The molecule has 2 amide bonds. The van der Waals surface area contributed by atoms with Crippen molar-refractivity contribution in [2.45, 2.75) is 32.4 Å². The van der Waals surface area contributed by atoms with E-state index >= 15 is 0 Å². The van der Waals surface area contributed by atoms with E-state index in [0.29, 0.717) is 30.2 Å². The Morgan fingerprint density at radius 1 is 1.13 bits per heavy atom. The quantitative estimate of drug-likeness (QED) is 0.517. The monoisotopic (exact) mass is 531 g/mol. The average molecular weight is 532 g/mol. The lowest BCUT2D eigenvalue weighted by Crippen LogP contribution is -2.47. The predicted molar refractivity (Wildman–Crippen MR) is 150 cm³/mol. The number of benzene rings is 2. The second kappa shape index (κ2) is 13.3. The van der Waals surface area contributed by atoms with Crippen molar-refractivity contribution in [2.75, 3.05) is 45.7 Å². The Hall–Kier alpha value is -3.82. The number of carbonyl (C=O) groups excluding carboxylic acids is 2. The van der Waals surface area contributed by atoms with Crippen LogP contribution in [0.25, 0.3) is 0 Å². The van der Waals surface area contributed by atoms with Crippen LogP contribution in [0.15, 0.2) is 67.1 Å². The molecule has 9 heteroatoms. The number of likely N-dealkylation sites (N-methyl/N-ethyl adjacent to an activating group) is 1. The van der Waals surface area contributed by atoms with E-state index in [1.165, 1.54) is 24.2 Å². The van der Waals surface area contributed by atoms with Gasteiger partial charge in [0.15, 0.2) is 0 Å². The van der Waals surface area contributed by atoms with Gasteiger partial charge in [-0.3, -0.25) is 19.5 Å². The number of hydrogen-bond donors (Lipinski definition) is 1. The third-order valence-electron chi connectivity index (χ3n) is 7.16. The van der Waals surface area contributed by atoms with Crippen molar-refractivity contribution in [1.29, 1.82) is 0 Å². The Morgan fingerprint density at radius 3 is 2.64 bits per heavy atom. The molecule has 0 saturated heterocycles. The van der Waals surface area contributed by atoms with Gasteiger partial charge in [0.25, 0.3) is 11.8 Å². The molecule has 0 saturated carbocycles. The summed E-state index contributed by atoms with van der Waals surface area (Å²) in [4.78, 5) is 38.3. The van der Waals surface area contributed by atoms with Gasteiger partial charge in [-0.05, 0) is 43.0 Å². The fraction of sp³-hybridized carbons (Fsp3) is 0.400. The molecule has 1 N–H and O–H groups in total. The molecule has 2 heterocycles. The molecule has 0 unspecified atom stereocenters. The highest BCUT2D eigenvalue weighted by Crippen LogP contribution is 2.27. The Kier molecular flexibility index (Phi) is 9.62. The van der Waals surface area contributed by atoms with Gasteiger partial charge >= 0.3 is 0 Å². The molecular weight excluding hydrogens is 494 g/mol. The molecule has 1 aromatic heterocycles. The number of hydrogen-bond acceptors (Lipinski definition) is 7. The van der Waals surface area contributed by atoms with Crippen LogP contribution in [0.4, 0.5) is 5.69 Å². The van der Waals surface area contributed by atoms with Gasteiger partial charge in [0.1, 0.15) is 18.1 Å². The molecule has 0 bridgehead atoms. The van der Waals surface area contributed by atoms with Gasteiger partial charge in [0, 0.05) is 57.9 Å². The minimum Gasteiger partial charge on any atom is -0.491 e. The number of rotatable bonds is 6. The standard InChI is InChI=1S/C30H37N5O4/c1-21-18-35(15-12-23-8-6-5-7-9-23)22(2)20-39-27-11-10-24(33-29(36)26-17-31-13-14-32-26)16-25(27)30(37)34(3)19-28(21)38-4/h5-11,13-14,16-17,21-22,28H,12,15,18-20H2,1-4H3,(H,33,36)/t21-,22+,28+/m0/s1. The first-order valence-electron chi connectivity index (χ1n) is 13.3. The summed E-state index contributed by atoms with van der Waals surface area (Å²) in [7, 11) is 3.46. The van der Waals surface area contributed by atoms with Crippen molar-refractivity contribution in [1.82, 2.24) is 19.8 Å². The maximum absolute atomic E-state index is 13.6. The lowest BCUT2D eigenvalue weighted by Gasteiger charge is -2.36. The van der Waals surface area contributed by atoms with Crippen LogP contribution >= 0.6 is 0 Å². The highest BCUT2D eigenvalue weighted by Gasteiger charge is 2.28. The molecule has 0 aliphatic carbocycles. The van der Waals surface area contributed by atoms with Gasteiger partial charge < -0.3 is 19.7 Å². The van der Waals surface area contributed by atoms with E-state index < -0.39 is 5.91 Å². The molecule has 0 spiro atoms. The summed E-state index contributed by atoms with van der Waals surface area (Å²) in [6, 6.07) is 15.7. The molecule has 0 fully saturated rings. The molecule has 3 atom stereocenters. The molecule has 1 aliphatic rings. The third kappa shape index (κ3) is 7.40. The van der Waals surface area contributed by atoms with E-state index in [4.69, 9.17) is 9.47 Å². The zero-order valence-electron chi connectivity index (χ0n) is 23.0. The van der Waals surface area contributed by atoms with Gasteiger partial charge in [-0.15, -0.1) is 0 Å². The van der Waals surface area contributed by atoms with Crippen LogP contribution in [0.5, 0.6) is 5.75 Å². The van der Waals surface area contributed by atoms with Crippen molar-refractivity contribution < 1.29 is 19.1 Å². The summed E-state index contributed by atoms with van der Waals surface area (Å²) in [6.07, 6.45) is 5.13. The lowest BCUT2D eigenvalue weighted by atomic mass is 10.0. The lowest BCUT2D eigenvalue weighted by molar-refractivity contribution is 0.0109. The first-order valence-corrected chi connectivity index (χ1v) is 13.3. The van der Waals surface area contributed by atoms with Gasteiger partial charge in [-0.2, -0.15) is 0 Å². The second-order valence-corrected chi connectivity index (χ2v) is 10.1. The molecule has 0 radical (unpaired) electrons. The molecular formula is C30H37N5O4. The average Bonchev–Trinajstić information content (AvgIpc) is 2.96. The molecule has 3 aromatic rings. The van der Waals surface area contributed by atoms with Gasteiger partial charge in [-0.25, -0.2) is 4.98 Å². The summed E-state index contributed by atoms with van der Waals surface area (Å²) >= 11 is 0. The van der Waals surface area contributed by atoms with Gasteiger partial charge in [-0.1, -0.05) is 37.3 Å². The minimum atomic E-state index is -0.408. The number of methoxy groups -OCH3 is 1. The molecule has 39 heavy (non-hydrogen) atoms. The molecule has 4 rings (SSSR count). The number of amides is 2. The van der Waals surface area contributed by atoms with E-state index in [0.717, 1.165) is 19.5 Å². The van der Waals surface area contributed by atoms with E-state index in [2.05, 4.69) is 58.3 Å². The minimum absolute atomic E-state index is 0.102. The molecule has 9 nitrogen and oxygen atoms in total. The Morgan fingerprint density at radius 2 is 1.92 bits per heavy atom. The SMILES string of the molecule is CO[C@@H]1CN(C)C(=O)c2cc(NC(=O)c3cnccn3)ccc2OC[C@@H](C)N(CCc2ccccc2)C[C@@H]1C. The van der Waals surface area contributed by atoms with Crippen LogP contribution in [-0.2, 0) is 11.2 Å². The summed E-state index contributed by atoms with van der Waals surface area (Å²) in [6.45, 7) is 6.84. The summed E-state index contributed by atoms with van der Waals surface area (Å²) in [5.74, 6) is 0.0414. The van der Waals surface area contributed by atoms with Crippen molar-refractivity contribution >= 4 is 17.5 Å². The van der Waals surface area contributed by atoms with Crippen molar-refractivity contribution in [3.63, 3.8) is 0 Å². The van der Waals surface area contributed by atoms with Crippen LogP contribution < -0.4 is 10.1 Å². The smallest absolute Gasteiger partial charge is 0.275 e. The second-order valence-electron chi connectivity index (χ2n) is 10.1. The van der Waals surface area contributed by atoms with E-state index in [1.807, 2.05) is 6.07 Å².